The number of imidazole rings is 1. The summed E-state index contributed by atoms with van der Waals surface area (Å²) >= 11 is 6.28. The molecule has 2 aromatic carbocycles. The van der Waals surface area contributed by atoms with E-state index in [0.717, 1.165) is 11.3 Å². The second-order valence-electron chi connectivity index (χ2n) is 9.39. The molecule has 2 N–H and O–H groups in total. The highest BCUT2D eigenvalue weighted by molar-refractivity contribution is 6.31. The highest BCUT2D eigenvalue weighted by Gasteiger charge is 2.29. The van der Waals surface area contributed by atoms with Gasteiger partial charge in [-0.2, -0.15) is 4.68 Å². The molecule has 1 atom stereocenters. The summed E-state index contributed by atoms with van der Waals surface area (Å²) < 4.78 is 8.18. The fraction of sp³-hybridized carbons (Fsp3) is 0.222. The normalized spacial score (nSPS) is 14.2. The molecule has 0 spiro atoms. The van der Waals surface area contributed by atoms with Crippen molar-refractivity contribution in [2.24, 2.45) is 0 Å². The maximum absolute atomic E-state index is 13.4. The Bertz CT molecular complexity index is 1770. The topological polar surface area (TPSA) is 157 Å². The Morgan fingerprint density at radius 1 is 1.22 bits per heavy atom. The number of ether oxygens (including phenoxy) is 1. The van der Waals surface area contributed by atoms with E-state index < -0.39 is 6.09 Å². The van der Waals surface area contributed by atoms with Gasteiger partial charge in [0.05, 0.1) is 42.5 Å². The second-order valence-corrected chi connectivity index (χ2v) is 9.83. The van der Waals surface area contributed by atoms with Crippen LogP contribution < -0.4 is 10.5 Å². The Kier molecular flexibility index (Phi) is 7.03. The largest absolute Gasteiger partial charge is 0.465 e. The van der Waals surface area contributed by atoms with Crippen molar-refractivity contribution in [1.29, 1.82) is 0 Å². The van der Waals surface area contributed by atoms with Gasteiger partial charge in [-0.05, 0) is 52.7 Å². The predicted octanol–water partition coefficient (Wildman–Crippen LogP) is 3.60. The summed E-state index contributed by atoms with van der Waals surface area (Å²) in [7, 11) is 1.53. The Hall–Kier alpha value is -4.88. The number of hydrogen-bond acceptors (Lipinski definition) is 8. The van der Waals surface area contributed by atoms with Crippen LogP contribution in [0, 0.1) is 0 Å². The van der Waals surface area contributed by atoms with Crippen LogP contribution in [0.5, 0.6) is 0 Å². The smallest absolute Gasteiger partial charge is 0.411 e. The molecular weight excluding hydrogens is 550 g/mol. The van der Waals surface area contributed by atoms with Crippen molar-refractivity contribution < 1.29 is 14.6 Å². The number of tetrazole rings is 1. The lowest BCUT2D eigenvalue weighted by Gasteiger charge is -2.19. The highest BCUT2D eigenvalue weighted by Crippen LogP contribution is 2.33. The van der Waals surface area contributed by atoms with Crippen molar-refractivity contribution in [2.75, 3.05) is 25.2 Å². The molecular formula is C27H24ClN9O4. The number of anilines is 1. The molecule has 0 saturated heterocycles. The van der Waals surface area contributed by atoms with Crippen LogP contribution in [0.4, 0.5) is 10.5 Å². The Morgan fingerprint density at radius 2 is 2.05 bits per heavy atom. The van der Waals surface area contributed by atoms with Crippen LogP contribution in [-0.4, -0.2) is 71.2 Å². The predicted molar refractivity (Wildman–Crippen MR) is 149 cm³/mol. The fourth-order valence-electron chi connectivity index (χ4n) is 5.02. The number of nitrogens with zero attached hydrogens (tertiary/aromatic N) is 8. The van der Waals surface area contributed by atoms with E-state index in [4.69, 9.17) is 21.3 Å². The van der Waals surface area contributed by atoms with E-state index in [1.54, 1.807) is 41.1 Å². The SMILES string of the molecule is COCCN(C(=O)O)c1ccc(-c2cnc([C@@H]3CCc4nc(-c5cc(Cl)ccc5-n5cnnn5)cc(=O)n43)[nH]2)cc1. The van der Waals surface area contributed by atoms with E-state index >= 15 is 0 Å². The average molecular weight is 574 g/mol. The zero-order valence-electron chi connectivity index (χ0n) is 21.8. The van der Waals surface area contributed by atoms with E-state index in [1.807, 2.05) is 12.1 Å². The van der Waals surface area contributed by atoms with Crippen LogP contribution in [0.1, 0.15) is 24.1 Å². The third kappa shape index (κ3) is 5.08. The Morgan fingerprint density at radius 3 is 2.78 bits per heavy atom. The van der Waals surface area contributed by atoms with Crippen molar-refractivity contribution in [3.05, 3.63) is 88.1 Å². The number of methoxy groups -OCH3 is 1. The lowest BCUT2D eigenvalue weighted by atomic mass is 10.1. The number of aromatic amines is 1. The zero-order chi connectivity index (χ0) is 28.5. The van der Waals surface area contributed by atoms with Crippen molar-refractivity contribution in [3.63, 3.8) is 0 Å². The minimum absolute atomic E-state index is 0.206. The molecule has 4 heterocycles. The van der Waals surface area contributed by atoms with Crippen LogP contribution in [0.25, 0.3) is 28.2 Å². The maximum atomic E-state index is 13.4. The van der Waals surface area contributed by atoms with E-state index in [0.29, 0.717) is 52.1 Å². The molecule has 0 fully saturated rings. The van der Waals surface area contributed by atoms with Crippen molar-refractivity contribution in [3.8, 4) is 28.2 Å². The second kappa shape index (κ2) is 10.9. The Labute approximate surface area is 238 Å². The molecule has 41 heavy (non-hydrogen) atoms. The summed E-state index contributed by atoms with van der Waals surface area (Å²) in [5.74, 6) is 1.29. The molecule has 5 aromatic rings. The minimum Gasteiger partial charge on any atom is -0.465 e. The van der Waals surface area contributed by atoms with Crippen LogP contribution in [0.3, 0.4) is 0 Å². The van der Waals surface area contributed by atoms with E-state index in [1.165, 1.54) is 29.1 Å². The first-order valence-corrected chi connectivity index (χ1v) is 13.1. The zero-order valence-corrected chi connectivity index (χ0v) is 22.6. The Balaban J connectivity index is 1.28. The summed E-state index contributed by atoms with van der Waals surface area (Å²) in [6, 6.07) is 13.5. The van der Waals surface area contributed by atoms with Gasteiger partial charge >= 0.3 is 6.09 Å². The van der Waals surface area contributed by atoms with Gasteiger partial charge in [-0.15, -0.1) is 5.10 Å². The summed E-state index contributed by atoms with van der Waals surface area (Å²) in [4.78, 5) is 39.0. The third-order valence-corrected chi connectivity index (χ3v) is 7.19. The number of amides is 1. The summed E-state index contributed by atoms with van der Waals surface area (Å²) in [6.45, 7) is 0.511. The maximum Gasteiger partial charge on any atom is 0.411 e. The fourth-order valence-corrected chi connectivity index (χ4v) is 5.19. The number of fused-ring (bicyclic) bond motifs is 1. The standard InChI is InChI=1S/C27H24ClN9O4/c1-41-11-10-35(27(39)40)18-5-2-16(3-6-18)21-14-29-26(32-21)23-8-9-24-31-20(13-25(38)37(23)24)19-12-17(28)4-7-22(19)36-15-30-33-34-36/h2-7,12-15,23H,8-11H2,1H3,(H,29,32)(H,39,40)/t23-/m0/s1. The molecule has 208 valence electrons. The number of aryl methyl sites for hydroxylation is 1. The molecule has 0 radical (unpaired) electrons. The molecule has 0 unspecified atom stereocenters. The molecule has 0 bridgehead atoms. The molecule has 13 nitrogen and oxygen atoms in total. The van der Waals surface area contributed by atoms with Gasteiger partial charge in [0.25, 0.3) is 5.56 Å². The van der Waals surface area contributed by atoms with Crippen LogP contribution in [0.15, 0.2) is 65.8 Å². The molecule has 6 rings (SSSR count). The molecule has 1 amide bonds. The number of benzene rings is 2. The van der Waals surface area contributed by atoms with Crippen LogP contribution >= 0.6 is 11.6 Å². The number of aromatic nitrogens is 8. The molecule has 1 aliphatic heterocycles. The number of carboxylic acid groups (broad SMARTS) is 1. The van der Waals surface area contributed by atoms with Gasteiger partial charge in [-0.25, -0.2) is 14.8 Å². The third-order valence-electron chi connectivity index (χ3n) is 6.96. The summed E-state index contributed by atoms with van der Waals surface area (Å²) in [5.41, 5.74) is 3.69. The van der Waals surface area contributed by atoms with Gasteiger partial charge in [-0.1, -0.05) is 23.7 Å². The van der Waals surface area contributed by atoms with Gasteiger partial charge in [0.1, 0.15) is 18.0 Å². The highest BCUT2D eigenvalue weighted by atomic mass is 35.5. The van der Waals surface area contributed by atoms with E-state index in [-0.39, 0.29) is 24.8 Å². The van der Waals surface area contributed by atoms with Gasteiger partial charge < -0.3 is 14.8 Å². The number of hydrogen-bond donors (Lipinski definition) is 2. The number of nitrogens with one attached hydrogen (secondary N) is 1. The molecule has 1 aliphatic rings. The molecule has 0 saturated carbocycles. The first kappa shape index (κ1) is 26.3. The lowest BCUT2D eigenvalue weighted by molar-refractivity contribution is 0.186. The van der Waals surface area contributed by atoms with Crippen molar-refractivity contribution in [1.82, 2.24) is 39.7 Å². The van der Waals surface area contributed by atoms with Gasteiger partial charge in [0.2, 0.25) is 0 Å². The molecule has 0 aliphatic carbocycles. The van der Waals surface area contributed by atoms with Crippen LogP contribution in [0.2, 0.25) is 5.02 Å². The van der Waals surface area contributed by atoms with E-state index in [2.05, 4.69) is 25.5 Å². The van der Waals surface area contributed by atoms with Gasteiger partial charge in [-0.3, -0.25) is 14.3 Å². The molecule has 3 aromatic heterocycles. The average Bonchev–Trinajstić information content (AvgIpc) is 3.74. The number of halogens is 1. The quantitative estimate of drug-likeness (QED) is 0.283. The van der Waals surface area contributed by atoms with Crippen molar-refractivity contribution in [2.45, 2.75) is 18.9 Å². The summed E-state index contributed by atoms with van der Waals surface area (Å²) in [5, 5.41) is 21.4. The van der Waals surface area contributed by atoms with Crippen LogP contribution in [-0.2, 0) is 11.2 Å². The summed E-state index contributed by atoms with van der Waals surface area (Å²) in [6.07, 6.45) is 3.36. The van der Waals surface area contributed by atoms with Crippen molar-refractivity contribution >= 4 is 23.4 Å². The minimum atomic E-state index is -1.05. The van der Waals surface area contributed by atoms with E-state index in [9.17, 15) is 14.7 Å². The first-order chi connectivity index (χ1) is 19.9. The monoisotopic (exact) mass is 573 g/mol. The number of rotatable bonds is 8. The van der Waals surface area contributed by atoms with Gasteiger partial charge in [0.15, 0.2) is 0 Å². The molecule has 14 heteroatoms. The van der Waals surface area contributed by atoms with Gasteiger partial charge in [0, 0.05) is 35.9 Å². The lowest BCUT2D eigenvalue weighted by Crippen LogP contribution is -2.32. The number of carbonyl (C=O) groups is 1. The number of H-pyrrole nitrogens is 1. The first-order valence-electron chi connectivity index (χ1n) is 12.7.